The van der Waals surface area contributed by atoms with Crippen LogP contribution >= 0.6 is 0 Å². The number of nitrogens with zero attached hydrogens (tertiary/aromatic N) is 2. The first kappa shape index (κ1) is 18.8. The molecule has 1 atom stereocenters. The third-order valence-electron chi connectivity index (χ3n) is 5.83. The Hall–Kier alpha value is -2.54. The van der Waals surface area contributed by atoms with E-state index in [-0.39, 0.29) is 11.8 Å². The molecule has 0 aliphatic carbocycles. The molecule has 2 saturated heterocycles. The average Bonchev–Trinajstić information content (AvgIpc) is 3.32. The Balaban J connectivity index is 1.63. The molecule has 1 N–H and O–H groups in total. The van der Waals surface area contributed by atoms with Crippen LogP contribution < -0.4 is 4.74 Å². The third-order valence-corrected chi connectivity index (χ3v) is 5.83. The van der Waals surface area contributed by atoms with Crippen molar-refractivity contribution < 1.29 is 19.1 Å². The van der Waals surface area contributed by atoms with Gasteiger partial charge in [-0.3, -0.25) is 9.59 Å². The maximum absolute atomic E-state index is 13.3. The number of benzene rings is 1. The Kier molecular flexibility index (Phi) is 5.02. The SMILES string of the molecule is CCCN1C(=O)CCN(C(=O)c2cc3cc(OC)ccc3[nH]2)CC12CCOC2. The van der Waals surface area contributed by atoms with Gasteiger partial charge in [0.1, 0.15) is 11.4 Å². The Morgan fingerprint density at radius 2 is 2.21 bits per heavy atom. The summed E-state index contributed by atoms with van der Waals surface area (Å²) in [7, 11) is 1.62. The molecule has 1 aromatic carbocycles. The summed E-state index contributed by atoms with van der Waals surface area (Å²) in [5.41, 5.74) is 1.02. The molecular formula is C21H27N3O4. The minimum absolute atomic E-state index is 0.0763. The number of amides is 2. The van der Waals surface area contributed by atoms with Crippen LogP contribution in [0.2, 0.25) is 0 Å². The standard InChI is InChI=1S/C21H27N3O4/c1-3-8-24-19(25)6-9-23(13-21(24)7-10-28-14-21)20(26)18-12-15-11-16(27-2)4-5-17(15)22-18/h4-5,11-12,22H,3,6-10,13-14H2,1-2H3. The quantitative estimate of drug-likeness (QED) is 0.877. The van der Waals surface area contributed by atoms with Crippen LogP contribution in [0.15, 0.2) is 24.3 Å². The fraction of sp³-hybridized carbons (Fsp3) is 0.524. The van der Waals surface area contributed by atoms with Crippen molar-refractivity contribution in [3.8, 4) is 5.75 Å². The lowest BCUT2D eigenvalue weighted by molar-refractivity contribution is -0.136. The van der Waals surface area contributed by atoms with Crippen molar-refractivity contribution in [3.05, 3.63) is 30.0 Å². The number of ether oxygens (including phenoxy) is 2. The molecule has 7 heteroatoms. The summed E-state index contributed by atoms with van der Waals surface area (Å²) in [6.45, 7) is 4.84. The van der Waals surface area contributed by atoms with E-state index in [1.807, 2.05) is 34.1 Å². The minimum atomic E-state index is -0.408. The van der Waals surface area contributed by atoms with Gasteiger partial charge in [0.15, 0.2) is 0 Å². The predicted octanol–water partition coefficient (Wildman–Crippen LogP) is 2.42. The van der Waals surface area contributed by atoms with Gasteiger partial charge in [-0.2, -0.15) is 0 Å². The van der Waals surface area contributed by atoms with E-state index < -0.39 is 5.54 Å². The molecule has 2 aliphatic rings. The zero-order valence-electron chi connectivity index (χ0n) is 16.5. The van der Waals surface area contributed by atoms with Crippen LogP contribution in [-0.2, 0) is 9.53 Å². The van der Waals surface area contributed by atoms with Crippen LogP contribution in [0.5, 0.6) is 5.75 Å². The fourth-order valence-corrected chi connectivity index (χ4v) is 4.37. The van der Waals surface area contributed by atoms with Crippen LogP contribution in [-0.4, -0.2) is 72.1 Å². The first-order valence-electron chi connectivity index (χ1n) is 9.90. The van der Waals surface area contributed by atoms with Crippen molar-refractivity contribution >= 4 is 22.7 Å². The molecule has 2 aliphatic heterocycles. The molecule has 3 heterocycles. The number of rotatable bonds is 4. The van der Waals surface area contributed by atoms with E-state index in [0.29, 0.717) is 45.0 Å². The first-order valence-corrected chi connectivity index (χ1v) is 9.90. The first-order chi connectivity index (χ1) is 13.6. The van der Waals surface area contributed by atoms with Crippen molar-refractivity contribution in [1.82, 2.24) is 14.8 Å². The van der Waals surface area contributed by atoms with Crippen molar-refractivity contribution in [3.63, 3.8) is 0 Å². The van der Waals surface area contributed by atoms with E-state index in [1.165, 1.54) is 0 Å². The normalized spacial score (nSPS) is 22.9. The molecule has 7 nitrogen and oxygen atoms in total. The van der Waals surface area contributed by atoms with Gasteiger partial charge in [-0.15, -0.1) is 0 Å². The lowest BCUT2D eigenvalue weighted by atomic mass is 9.95. The van der Waals surface area contributed by atoms with E-state index >= 15 is 0 Å². The summed E-state index contributed by atoms with van der Waals surface area (Å²) >= 11 is 0. The Morgan fingerprint density at radius 1 is 1.36 bits per heavy atom. The zero-order chi connectivity index (χ0) is 19.7. The zero-order valence-corrected chi connectivity index (χ0v) is 16.5. The monoisotopic (exact) mass is 385 g/mol. The second-order valence-electron chi connectivity index (χ2n) is 7.69. The number of methoxy groups -OCH3 is 1. The molecule has 150 valence electrons. The lowest BCUT2D eigenvalue weighted by Gasteiger charge is -2.40. The third kappa shape index (κ3) is 3.24. The van der Waals surface area contributed by atoms with Crippen LogP contribution in [0.4, 0.5) is 0 Å². The van der Waals surface area contributed by atoms with Crippen molar-refractivity contribution in [2.24, 2.45) is 0 Å². The van der Waals surface area contributed by atoms with Crippen LogP contribution in [0.1, 0.15) is 36.7 Å². The van der Waals surface area contributed by atoms with Crippen LogP contribution in [0.25, 0.3) is 10.9 Å². The smallest absolute Gasteiger partial charge is 0.270 e. The van der Waals surface area contributed by atoms with Gasteiger partial charge < -0.3 is 24.3 Å². The number of fused-ring (bicyclic) bond motifs is 1. The summed E-state index contributed by atoms with van der Waals surface area (Å²) in [6.07, 6.45) is 2.01. The van der Waals surface area contributed by atoms with Gasteiger partial charge in [-0.25, -0.2) is 0 Å². The fourth-order valence-electron chi connectivity index (χ4n) is 4.37. The summed E-state index contributed by atoms with van der Waals surface area (Å²) in [6, 6.07) is 7.54. The molecule has 1 unspecified atom stereocenters. The van der Waals surface area contributed by atoms with Crippen molar-refractivity contribution in [2.75, 3.05) is 40.0 Å². The Bertz CT molecular complexity index is 885. The molecule has 0 saturated carbocycles. The Labute approximate surface area is 164 Å². The topological polar surface area (TPSA) is 74.9 Å². The van der Waals surface area contributed by atoms with Gasteiger partial charge in [0, 0.05) is 43.6 Å². The van der Waals surface area contributed by atoms with E-state index in [4.69, 9.17) is 9.47 Å². The van der Waals surface area contributed by atoms with Gasteiger partial charge in [-0.1, -0.05) is 6.92 Å². The molecule has 4 rings (SSSR count). The molecule has 0 bridgehead atoms. The van der Waals surface area contributed by atoms with E-state index in [2.05, 4.69) is 11.9 Å². The maximum Gasteiger partial charge on any atom is 0.270 e. The lowest BCUT2D eigenvalue weighted by Crippen LogP contribution is -2.57. The molecular weight excluding hydrogens is 358 g/mol. The number of carbonyl (C=O) groups is 2. The van der Waals surface area contributed by atoms with Crippen molar-refractivity contribution in [1.29, 1.82) is 0 Å². The van der Waals surface area contributed by atoms with E-state index in [9.17, 15) is 9.59 Å². The number of aromatic nitrogens is 1. The summed E-state index contributed by atoms with van der Waals surface area (Å²) in [5, 5.41) is 0.931. The molecule has 2 aromatic rings. The highest BCUT2D eigenvalue weighted by Crippen LogP contribution is 2.32. The second kappa shape index (κ2) is 7.47. The molecule has 1 spiro atoms. The highest BCUT2D eigenvalue weighted by molar-refractivity contribution is 5.98. The van der Waals surface area contributed by atoms with E-state index in [0.717, 1.165) is 29.5 Å². The van der Waals surface area contributed by atoms with Gasteiger partial charge in [-0.05, 0) is 37.1 Å². The van der Waals surface area contributed by atoms with Gasteiger partial charge in [0.25, 0.3) is 5.91 Å². The summed E-state index contributed by atoms with van der Waals surface area (Å²) in [4.78, 5) is 33.1. The molecule has 2 amide bonds. The van der Waals surface area contributed by atoms with Gasteiger partial charge in [0.05, 0.1) is 19.3 Å². The predicted molar refractivity (Wildman–Crippen MR) is 106 cm³/mol. The van der Waals surface area contributed by atoms with Crippen molar-refractivity contribution in [2.45, 2.75) is 31.7 Å². The minimum Gasteiger partial charge on any atom is -0.497 e. The number of hydrogen-bond donors (Lipinski definition) is 1. The number of hydrogen-bond acceptors (Lipinski definition) is 4. The maximum atomic E-state index is 13.3. The number of carbonyl (C=O) groups excluding carboxylic acids is 2. The summed E-state index contributed by atoms with van der Waals surface area (Å²) < 4.78 is 10.9. The van der Waals surface area contributed by atoms with Crippen LogP contribution in [0.3, 0.4) is 0 Å². The highest BCUT2D eigenvalue weighted by atomic mass is 16.5. The molecule has 1 aromatic heterocycles. The molecule has 28 heavy (non-hydrogen) atoms. The van der Waals surface area contributed by atoms with Gasteiger partial charge in [0.2, 0.25) is 5.91 Å². The van der Waals surface area contributed by atoms with E-state index in [1.54, 1.807) is 7.11 Å². The number of H-pyrrole nitrogens is 1. The largest absolute Gasteiger partial charge is 0.497 e. The average molecular weight is 385 g/mol. The summed E-state index contributed by atoms with van der Waals surface area (Å²) in [5.74, 6) is 0.791. The van der Waals surface area contributed by atoms with Gasteiger partial charge >= 0.3 is 0 Å². The van der Waals surface area contributed by atoms with Crippen LogP contribution in [0, 0.1) is 0 Å². The second-order valence-corrected chi connectivity index (χ2v) is 7.69. The highest BCUT2D eigenvalue weighted by Gasteiger charge is 2.46. The number of aromatic amines is 1. The Morgan fingerprint density at radius 3 is 2.93 bits per heavy atom. The number of nitrogens with one attached hydrogen (secondary N) is 1. The molecule has 0 radical (unpaired) electrons. The molecule has 2 fully saturated rings.